The van der Waals surface area contributed by atoms with Crippen LogP contribution < -0.4 is 4.74 Å². The summed E-state index contributed by atoms with van der Waals surface area (Å²) >= 11 is 5.83. The minimum Gasteiger partial charge on any atom is -0.491 e. The smallest absolute Gasteiger partial charge is 0.258 e. The van der Waals surface area contributed by atoms with Crippen LogP contribution in [0, 0.1) is 5.82 Å². The molecule has 7 heteroatoms. The molecular formula is C20H15ClFN3O2. The molecule has 3 aromatic rings. The van der Waals surface area contributed by atoms with Crippen LogP contribution in [-0.4, -0.2) is 33.9 Å². The summed E-state index contributed by atoms with van der Waals surface area (Å²) in [5.74, 6) is 0.383. The highest BCUT2D eigenvalue weighted by Gasteiger charge is 2.25. The van der Waals surface area contributed by atoms with Crippen LogP contribution in [0.3, 0.4) is 0 Å². The average Bonchev–Trinajstić information content (AvgIpc) is 2.82. The van der Waals surface area contributed by atoms with E-state index >= 15 is 0 Å². The first-order valence-corrected chi connectivity index (χ1v) is 8.77. The van der Waals surface area contributed by atoms with E-state index in [0.29, 0.717) is 46.4 Å². The quantitative estimate of drug-likeness (QED) is 0.686. The lowest BCUT2D eigenvalue weighted by molar-refractivity contribution is 0.0738. The summed E-state index contributed by atoms with van der Waals surface area (Å²) in [7, 11) is 0. The standard InChI is InChI=1S/C20H15ClFN3O2/c21-14-3-4-15(17(22)11-14)13-2-5-18-16(10-13)20(26)25(8-9-27-18)12-19-23-6-1-7-24-19/h1-7,10-11H,8-9,12H2. The van der Waals surface area contributed by atoms with Gasteiger partial charge in [-0.3, -0.25) is 4.79 Å². The number of nitrogens with zero attached hydrogens (tertiary/aromatic N) is 3. The van der Waals surface area contributed by atoms with Crippen molar-refractivity contribution < 1.29 is 13.9 Å². The number of carbonyl (C=O) groups excluding carboxylic acids is 1. The van der Waals surface area contributed by atoms with Gasteiger partial charge in [-0.15, -0.1) is 0 Å². The number of hydrogen-bond acceptors (Lipinski definition) is 4. The molecule has 0 unspecified atom stereocenters. The predicted molar refractivity (Wildman–Crippen MR) is 99.1 cm³/mol. The number of ether oxygens (including phenoxy) is 1. The van der Waals surface area contributed by atoms with E-state index in [2.05, 4.69) is 9.97 Å². The van der Waals surface area contributed by atoms with E-state index in [1.54, 1.807) is 53.7 Å². The normalized spacial score (nSPS) is 13.7. The van der Waals surface area contributed by atoms with Crippen LogP contribution in [0.2, 0.25) is 5.02 Å². The van der Waals surface area contributed by atoms with E-state index in [9.17, 15) is 9.18 Å². The number of fused-ring (bicyclic) bond motifs is 1. The molecule has 0 radical (unpaired) electrons. The van der Waals surface area contributed by atoms with Crippen molar-refractivity contribution in [3.63, 3.8) is 0 Å². The number of rotatable bonds is 3. The fourth-order valence-electron chi connectivity index (χ4n) is 2.98. The Morgan fingerprint density at radius 3 is 2.70 bits per heavy atom. The molecule has 0 spiro atoms. The summed E-state index contributed by atoms with van der Waals surface area (Å²) in [6, 6.07) is 11.3. The van der Waals surface area contributed by atoms with Crippen molar-refractivity contribution in [3.8, 4) is 16.9 Å². The molecule has 2 heterocycles. The van der Waals surface area contributed by atoms with Crippen LogP contribution >= 0.6 is 11.6 Å². The zero-order chi connectivity index (χ0) is 18.8. The molecule has 0 bridgehead atoms. The summed E-state index contributed by atoms with van der Waals surface area (Å²) in [5, 5.41) is 0.319. The lowest BCUT2D eigenvalue weighted by Crippen LogP contribution is -2.32. The second-order valence-electron chi connectivity index (χ2n) is 6.08. The Morgan fingerprint density at radius 2 is 1.93 bits per heavy atom. The fraction of sp³-hybridized carbons (Fsp3) is 0.150. The minimum atomic E-state index is -0.445. The van der Waals surface area contributed by atoms with E-state index in [4.69, 9.17) is 16.3 Å². The first-order valence-electron chi connectivity index (χ1n) is 8.39. The lowest BCUT2D eigenvalue weighted by Gasteiger charge is -2.19. The van der Waals surface area contributed by atoms with Crippen LogP contribution in [0.25, 0.3) is 11.1 Å². The van der Waals surface area contributed by atoms with Crippen molar-refractivity contribution in [2.24, 2.45) is 0 Å². The molecule has 0 N–H and O–H groups in total. The molecule has 4 rings (SSSR count). The summed E-state index contributed by atoms with van der Waals surface area (Å²) < 4.78 is 20.0. The van der Waals surface area contributed by atoms with Crippen LogP contribution in [0.4, 0.5) is 4.39 Å². The second-order valence-corrected chi connectivity index (χ2v) is 6.51. The molecule has 0 saturated heterocycles. The van der Waals surface area contributed by atoms with E-state index in [1.165, 1.54) is 6.07 Å². The number of hydrogen-bond donors (Lipinski definition) is 0. The van der Waals surface area contributed by atoms with Crippen molar-refractivity contribution in [2.45, 2.75) is 6.54 Å². The Hall–Kier alpha value is -2.99. The van der Waals surface area contributed by atoms with E-state index < -0.39 is 5.82 Å². The molecule has 0 saturated carbocycles. The zero-order valence-electron chi connectivity index (χ0n) is 14.2. The minimum absolute atomic E-state index is 0.203. The number of benzene rings is 2. The SMILES string of the molecule is O=C1c2cc(-c3ccc(Cl)cc3F)ccc2OCCN1Cc1ncccn1. The Kier molecular flexibility index (Phi) is 4.73. The summed E-state index contributed by atoms with van der Waals surface area (Å²) in [6.07, 6.45) is 3.27. The van der Waals surface area contributed by atoms with Crippen LogP contribution in [-0.2, 0) is 6.54 Å². The van der Waals surface area contributed by atoms with E-state index in [-0.39, 0.29) is 12.5 Å². The largest absolute Gasteiger partial charge is 0.491 e. The van der Waals surface area contributed by atoms with Gasteiger partial charge in [0.25, 0.3) is 5.91 Å². The monoisotopic (exact) mass is 383 g/mol. The number of carbonyl (C=O) groups is 1. The maximum atomic E-state index is 14.3. The maximum Gasteiger partial charge on any atom is 0.258 e. The average molecular weight is 384 g/mol. The first kappa shape index (κ1) is 17.4. The fourth-order valence-corrected chi connectivity index (χ4v) is 3.14. The third kappa shape index (κ3) is 3.61. The number of halogens is 2. The van der Waals surface area contributed by atoms with E-state index in [1.807, 2.05) is 0 Å². The molecule has 1 aliphatic rings. The molecule has 2 aromatic carbocycles. The van der Waals surface area contributed by atoms with Crippen LogP contribution in [0.5, 0.6) is 5.75 Å². The Morgan fingerprint density at radius 1 is 1.11 bits per heavy atom. The van der Waals surface area contributed by atoms with Crippen molar-refractivity contribution >= 4 is 17.5 Å². The summed E-state index contributed by atoms with van der Waals surface area (Å²) in [5.41, 5.74) is 1.34. The second kappa shape index (κ2) is 7.32. The van der Waals surface area contributed by atoms with Crippen molar-refractivity contribution in [3.05, 3.63) is 77.1 Å². The summed E-state index contributed by atoms with van der Waals surface area (Å²) in [4.78, 5) is 23.0. The van der Waals surface area contributed by atoms with Crippen LogP contribution in [0.15, 0.2) is 54.9 Å². The molecule has 1 aromatic heterocycles. The molecule has 0 fully saturated rings. The van der Waals surface area contributed by atoms with Crippen molar-refractivity contribution in [1.29, 1.82) is 0 Å². The van der Waals surface area contributed by atoms with Gasteiger partial charge in [0.2, 0.25) is 0 Å². The molecular weight excluding hydrogens is 369 g/mol. The predicted octanol–water partition coefficient (Wildman–Crippen LogP) is 3.97. The highest BCUT2D eigenvalue weighted by Crippen LogP contribution is 2.31. The van der Waals surface area contributed by atoms with Gasteiger partial charge in [-0.1, -0.05) is 17.7 Å². The van der Waals surface area contributed by atoms with Crippen molar-refractivity contribution in [2.75, 3.05) is 13.2 Å². The topological polar surface area (TPSA) is 55.3 Å². The third-order valence-electron chi connectivity index (χ3n) is 4.31. The Bertz CT molecular complexity index is 998. The van der Waals surface area contributed by atoms with Gasteiger partial charge in [0.05, 0.1) is 18.7 Å². The van der Waals surface area contributed by atoms with Gasteiger partial charge in [-0.25, -0.2) is 14.4 Å². The number of aromatic nitrogens is 2. The van der Waals surface area contributed by atoms with Gasteiger partial charge in [-0.05, 0) is 42.0 Å². The molecule has 27 heavy (non-hydrogen) atoms. The number of amides is 1. The first-order chi connectivity index (χ1) is 13.1. The van der Waals surface area contributed by atoms with Gasteiger partial charge in [0.15, 0.2) is 0 Å². The lowest BCUT2D eigenvalue weighted by atomic mass is 10.0. The molecule has 1 aliphatic heterocycles. The highest BCUT2D eigenvalue weighted by molar-refractivity contribution is 6.30. The van der Waals surface area contributed by atoms with E-state index in [0.717, 1.165) is 0 Å². The van der Waals surface area contributed by atoms with Gasteiger partial charge in [-0.2, -0.15) is 0 Å². The molecule has 0 aliphatic carbocycles. The van der Waals surface area contributed by atoms with Crippen molar-refractivity contribution in [1.82, 2.24) is 14.9 Å². The van der Waals surface area contributed by atoms with Gasteiger partial charge >= 0.3 is 0 Å². The molecule has 136 valence electrons. The molecule has 5 nitrogen and oxygen atoms in total. The molecule has 0 atom stereocenters. The zero-order valence-corrected chi connectivity index (χ0v) is 15.0. The van der Waals surface area contributed by atoms with Gasteiger partial charge < -0.3 is 9.64 Å². The summed E-state index contributed by atoms with van der Waals surface area (Å²) in [6.45, 7) is 1.05. The van der Waals surface area contributed by atoms with Crippen LogP contribution in [0.1, 0.15) is 16.2 Å². The highest BCUT2D eigenvalue weighted by atomic mass is 35.5. The molecule has 1 amide bonds. The Balaban J connectivity index is 1.69. The Labute approximate surface area is 160 Å². The van der Waals surface area contributed by atoms with Gasteiger partial charge in [0.1, 0.15) is 24.0 Å². The van der Waals surface area contributed by atoms with Gasteiger partial charge in [0, 0.05) is 23.0 Å². The third-order valence-corrected chi connectivity index (χ3v) is 4.54. The maximum absolute atomic E-state index is 14.3.